The third-order valence-corrected chi connectivity index (χ3v) is 4.72. The normalized spacial score (nSPS) is 10.3. The molecule has 0 saturated heterocycles. The number of hydrogen-bond donors (Lipinski definition) is 1. The largest absolute Gasteiger partial charge is 0.451 e. The Bertz CT molecular complexity index is 1020. The van der Waals surface area contributed by atoms with Gasteiger partial charge in [0, 0.05) is 24.0 Å². The first-order valence-corrected chi connectivity index (χ1v) is 8.86. The molecule has 10 heteroatoms. The first-order chi connectivity index (χ1) is 13.4. The fraction of sp³-hybridized carbons (Fsp3) is 0.111. The molecule has 0 radical (unpaired) electrons. The molecule has 3 rings (SSSR count). The molecule has 0 saturated carbocycles. The summed E-state index contributed by atoms with van der Waals surface area (Å²) in [4.78, 5) is 43.1. The minimum absolute atomic E-state index is 0.0891. The Kier molecular flexibility index (Phi) is 5.70. The molecule has 0 aliphatic carbocycles. The van der Waals surface area contributed by atoms with E-state index in [1.165, 1.54) is 24.3 Å². The molecule has 2 heterocycles. The minimum atomic E-state index is -0.656. The van der Waals surface area contributed by atoms with Crippen LogP contribution in [0.25, 0.3) is 10.7 Å². The Morgan fingerprint density at radius 3 is 2.61 bits per heavy atom. The summed E-state index contributed by atoms with van der Waals surface area (Å²) in [6.45, 7) is 1.18. The van der Waals surface area contributed by atoms with Gasteiger partial charge < -0.3 is 10.1 Å². The summed E-state index contributed by atoms with van der Waals surface area (Å²) in [6, 6.07) is 10.7. The lowest BCUT2D eigenvalue weighted by molar-refractivity contribution is -0.384. The van der Waals surface area contributed by atoms with Crippen LogP contribution in [0.5, 0.6) is 0 Å². The highest BCUT2D eigenvalue weighted by Crippen LogP contribution is 2.26. The van der Waals surface area contributed by atoms with Crippen molar-refractivity contribution in [2.45, 2.75) is 6.92 Å². The van der Waals surface area contributed by atoms with Crippen molar-refractivity contribution in [2.24, 2.45) is 0 Å². The van der Waals surface area contributed by atoms with E-state index in [1.807, 2.05) is 6.07 Å². The maximum atomic E-state index is 12.3. The lowest BCUT2D eigenvalue weighted by Gasteiger charge is -2.06. The van der Waals surface area contributed by atoms with Crippen LogP contribution in [0.4, 0.5) is 11.4 Å². The van der Waals surface area contributed by atoms with Gasteiger partial charge in [0.1, 0.15) is 9.88 Å². The molecular weight excluding hydrogens is 384 g/mol. The number of non-ortho nitro benzene ring substituents is 1. The summed E-state index contributed by atoms with van der Waals surface area (Å²) in [5.41, 5.74) is 1.41. The van der Waals surface area contributed by atoms with E-state index >= 15 is 0 Å². The van der Waals surface area contributed by atoms with Crippen LogP contribution in [0, 0.1) is 17.0 Å². The van der Waals surface area contributed by atoms with E-state index in [9.17, 15) is 19.7 Å². The lowest BCUT2D eigenvalue weighted by atomic mass is 10.3. The van der Waals surface area contributed by atoms with Crippen molar-refractivity contribution in [3.05, 3.63) is 69.3 Å². The van der Waals surface area contributed by atoms with Crippen LogP contribution in [0.2, 0.25) is 0 Å². The second-order valence-corrected chi connectivity index (χ2v) is 6.58. The van der Waals surface area contributed by atoms with E-state index < -0.39 is 23.4 Å². The average molecular weight is 398 g/mol. The molecule has 0 aliphatic heterocycles. The van der Waals surface area contributed by atoms with Gasteiger partial charge in [-0.25, -0.2) is 9.78 Å². The summed E-state index contributed by atoms with van der Waals surface area (Å²) in [5, 5.41) is 13.7. The topological polar surface area (TPSA) is 124 Å². The standard InChI is InChI=1S/C18H14N4O5S/c1-11-16(28-17(20-11)14-4-2-3-9-19-14)18(24)27-10-15(23)21-12-5-7-13(8-6-12)22(25)26/h2-9H,10H2,1H3,(H,21,23). The zero-order valence-electron chi connectivity index (χ0n) is 14.6. The maximum Gasteiger partial charge on any atom is 0.350 e. The molecule has 0 aliphatic rings. The van der Waals surface area contributed by atoms with Crippen molar-refractivity contribution in [3.8, 4) is 10.7 Å². The first-order valence-electron chi connectivity index (χ1n) is 8.04. The van der Waals surface area contributed by atoms with Gasteiger partial charge in [-0.15, -0.1) is 11.3 Å². The van der Waals surface area contributed by atoms with Crippen molar-refractivity contribution in [1.82, 2.24) is 9.97 Å². The van der Waals surface area contributed by atoms with Crippen molar-refractivity contribution < 1.29 is 19.2 Å². The molecule has 142 valence electrons. The van der Waals surface area contributed by atoms with Gasteiger partial charge in [-0.2, -0.15) is 0 Å². The van der Waals surface area contributed by atoms with Crippen molar-refractivity contribution in [2.75, 3.05) is 11.9 Å². The van der Waals surface area contributed by atoms with Gasteiger partial charge in [0.05, 0.1) is 16.3 Å². The van der Waals surface area contributed by atoms with Crippen LogP contribution < -0.4 is 5.32 Å². The number of thiazole rings is 1. The number of carbonyl (C=O) groups excluding carboxylic acids is 2. The Hall–Kier alpha value is -3.66. The Balaban J connectivity index is 1.58. The highest BCUT2D eigenvalue weighted by atomic mass is 32.1. The molecule has 0 atom stereocenters. The highest BCUT2D eigenvalue weighted by Gasteiger charge is 2.19. The maximum absolute atomic E-state index is 12.3. The zero-order chi connectivity index (χ0) is 20.1. The van der Waals surface area contributed by atoms with Crippen LogP contribution in [0.1, 0.15) is 15.4 Å². The molecule has 1 aromatic carbocycles. The van der Waals surface area contributed by atoms with E-state index in [2.05, 4.69) is 15.3 Å². The van der Waals surface area contributed by atoms with E-state index in [0.717, 1.165) is 11.3 Å². The molecule has 0 unspecified atom stereocenters. The second-order valence-electron chi connectivity index (χ2n) is 5.58. The number of anilines is 1. The molecule has 9 nitrogen and oxygen atoms in total. The number of hydrogen-bond acceptors (Lipinski definition) is 8. The van der Waals surface area contributed by atoms with Gasteiger partial charge in [-0.3, -0.25) is 19.9 Å². The van der Waals surface area contributed by atoms with Crippen LogP contribution >= 0.6 is 11.3 Å². The average Bonchev–Trinajstić information content (AvgIpc) is 3.09. The number of carbonyl (C=O) groups is 2. The molecule has 2 aromatic heterocycles. The smallest absolute Gasteiger partial charge is 0.350 e. The number of nitrogens with one attached hydrogen (secondary N) is 1. The molecule has 1 amide bonds. The number of amides is 1. The Morgan fingerprint density at radius 1 is 1.21 bits per heavy atom. The Labute approximate surface area is 163 Å². The van der Waals surface area contributed by atoms with Gasteiger partial charge >= 0.3 is 5.97 Å². The van der Waals surface area contributed by atoms with E-state index in [0.29, 0.717) is 27.0 Å². The van der Waals surface area contributed by atoms with Gasteiger partial charge in [0.25, 0.3) is 11.6 Å². The van der Waals surface area contributed by atoms with E-state index in [-0.39, 0.29) is 5.69 Å². The molecule has 1 N–H and O–H groups in total. The summed E-state index contributed by atoms with van der Waals surface area (Å²) in [5.74, 6) is -1.22. The van der Waals surface area contributed by atoms with Crippen molar-refractivity contribution >= 4 is 34.6 Å². The predicted octanol–water partition coefficient (Wildman–Crippen LogP) is 3.22. The van der Waals surface area contributed by atoms with Gasteiger partial charge in [0.15, 0.2) is 6.61 Å². The summed E-state index contributed by atoms with van der Waals surface area (Å²) < 4.78 is 5.04. The summed E-state index contributed by atoms with van der Waals surface area (Å²) in [6.07, 6.45) is 1.63. The van der Waals surface area contributed by atoms with Gasteiger partial charge in [-0.1, -0.05) is 6.07 Å². The van der Waals surface area contributed by atoms with Crippen LogP contribution in [-0.2, 0) is 9.53 Å². The number of aromatic nitrogens is 2. The van der Waals surface area contributed by atoms with Crippen molar-refractivity contribution in [3.63, 3.8) is 0 Å². The van der Waals surface area contributed by atoms with Crippen LogP contribution in [0.15, 0.2) is 48.7 Å². The summed E-state index contributed by atoms with van der Waals surface area (Å²) >= 11 is 1.14. The van der Waals surface area contributed by atoms with Crippen molar-refractivity contribution in [1.29, 1.82) is 0 Å². The SMILES string of the molecule is Cc1nc(-c2ccccn2)sc1C(=O)OCC(=O)Nc1ccc([N+](=O)[O-])cc1. The number of rotatable bonds is 6. The number of nitro benzene ring substituents is 1. The third-order valence-electron chi connectivity index (χ3n) is 3.56. The number of ether oxygens (including phenoxy) is 1. The lowest BCUT2D eigenvalue weighted by Crippen LogP contribution is -2.20. The number of benzene rings is 1. The molecule has 0 bridgehead atoms. The number of aryl methyl sites for hydroxylation is 1. The second kappa shape index (κ2) is 8.35. The van der Waals surface area contributed by atoms with Crippen LogP contribution in [0.3, 0.4) is 0 Å². The van der Waals surface area contributed by atoms with Gasteiger partial charge in [0.2, 0.25) is 0 Å². The number of nitro groups is 1. The predicted molar refractivity (Wildman–Crippen MR) is 102 cm³/mol. The zero-order valence-corrected chi connectivity index (χ0v) is 15.4. The fourth-order valence-electron chi connectivity index (χ4n) is 2.24. The highest BCUT2D eigenvalue weighted by molar-refractivity contribution is 7.17. The number of nitrogens with zero attached hydrogens (tertiary/aromatic N) is 3. The van der Waals surface area contributed by atoms with E-state index in [4.69, 9.17) is 4.74 Å². The molecule has 0 fully saturated rings. The van der Waals surface area contributed by atoms with Crippen LogP contribution in [-0.4, -0.2) is 33.4 Å². The minimum Gasteiger partial charge on any atom is -0.451 e. The first kappa shape index (κ1) is 19.1. The molecule has 28 heavy (non-hydrogen) atoms. The van der Waals surface area contributed by atoms with E-state index in [1.54, 1.807) is 25.3 Å². The Morgan fingerprint density at radius 2 is 1.96 bits per heavy atom. The quantitative estimate of drug-likeness (QED) is 0.384. The monoisotopic (exact) mass is 398 g/mol. The molecular formula is C18H14N4O5S. The third kappa shape index (κ3) is 4.54. The molecule has 0 spiro atoms. The fourth-order valence-corrected chi connectivity index (χ4v) is 3.18. The molecule has 3 aromatic rings. The number of esters is 1. The van der Waals surface area contributed by atoms with Gasteiger partial charge in [-0.05, 0) is 31.2 Å². The number of pyridine rings is 1. The summed E-state index contributed by atoms with van der Waals surface area (Å²) in [7, 11) is 0.